The Hall–Kier alpha value is -2.16. The zero-order valence-electron chi connectivity index (χ0n) is 12.4. The largest absolute Gasteiger partial charge is 0.497 e. The van der Waals surface area contributed by atoms with Gasteiger partial charge < -0.3 is 15.0 Å². The molecule has 1 N–H and O–H groups in total. The molecular weight excluding hydrogens is 248 g/mol. The van der Waals surface area contributed by atoms with E-state index in [2.05, 4.69) is 60.6 Å². The Balaban J connectivity index is 1.83. The molecule has 106 valence electrons. The lowest BCUT2D eigenvalue weighted by molar-refractivity contribution is 0.415. The monoisotopic (exact) mass is 270 g/mol. The van der Waals surface area contributed by atoms with Crippen LogP contribution in [0.5, 0.6) is 5.75 Å². The molecule has 0 amide bonds. The van der Waals surface area contributed by atoms with Crippen molar-refractivity contribution in [1.82, 2.24) is 0 Å². The third kappa shape index (κ3) is 3.92. The minimum absolute atomic E-state index is 0.889. The number of anilines is 2. The highest BCUT2D eigenvalue weighted by atomic mass is 16.5. The Morgan fingerprint density at radius 2 is 1.85 bits per heavy atom. The van der Waals surface area contributed by atoms with Crippen molar-refractivity contribution in [3.8, 4) is 5.75 Å². The molecule has 2 rings (SSSR count). The molecule has 20 heavy (non-hydrogen) atoms. The average molecular weight is 270 g/mol. The first-order valence-corrected chi connectivity index (χ1v) is 6.85. The predicted octanol–water partition coefficient (Wildman–Crippen LogP) is 3.55. The standard InChI is InChI=1S/C17H22N2O/c1-14-5-4-6-15(13-14)18-11-12-19(2)16-7-9-17(20-3)10-8-16/h4-10,13,18H,11-12H2,1-3H3. The van der Waals surface area contributed by atoms with Gasteiger partial charge in [0.1, 0.15) is 5.75 Å². The van der Waals surface area contributed by atoms with Gasteiger partial charge in [-0.25, -0.2) is 0 Å². The zero-order chi connectivity index (χ0) is 14.4. The summed E-state index contributed by atoms with van der Waals surface area (Å²) < 4.78 is 5.17. The normalized spacial score (nSPS) is 10.2. The first-order valence-electron chi connectivity index (χ1n) is 6.85. The minimum Gasteiger partial charge on any atom is -0.497 e. The Labute approximate surface area is 121 Å². The highest BCUT2D eigenvalue weighted by Crippen LogP contribution is 2.18. The topological polar surface area (TPSA) is 24.5 Å². The minimum atomic E-state index is 0.889. The summed E-state index contributed by atoms with van der Waals surface area (Å²) in [5.74, 6) is 0.889. The Morgan fingerprint density at radius 3 is 2.50 bits per heavy atom. The van der Waals surface area contributed by atoms with Crippen LogP contribution in [0.3, 0.4) is 0 Å². The summed E-state index contributed by atoms with van der Waals surface area (Å²) in [5, 5.41) is 3.44. The molecular formula is C17H22N2O. The molecule has 0 radical (unpaired) electrons. The smallest absolute Gasteiger partial charge is 0.119 e. The quantitative estimate of drug-likeness (QED) is 0.868. The molecule has 0 saturated carbocycles. The van der Waals surface area contributed by atoms with Gasteiger partial charge in [-0.1, -0.05) is 12.1 Å². The molecule has 3 nitrogen and oxygen atoms in total. The Morgan fingerprint density at radius 1 is 1.10 bits per heavy atom. The fourth-order valence-electron chi connectivity index (χ4n) is 2.09. The molecule has 0 saturated heterocycles. The van der Waals surface area contributed by atoms with Gasteiger partial charge in [0.25, 0.3) is 0 Å². The number of likely N-dealkylation sites (N-methyl/N-ethyl adjacent to an activating group) is 1. The number of aryl methyl sites for hydroxylation is 1. The van der Waals surface area contributed by atoms with E-state index < -0.39 is 0 Å². The highest BCUT2D eigenvalue weighted by Gasteiger charge is 2.01. The van der Waals surface area contributed by atoms with Crippen molar-refractivity contribution in [1.29, 1.82) is 0 Å². The molecule has 0 heterocycles. The van der Waals surface area contributed by atoms with Crippen LogP contribution in [0.4, 0.5) is 11.4 Å². The molecule has 0 bridgehead atoms. The fraction of sp³-hybridized carbons (Fsp3) is 0.294. The van der Waals surface area contributed by atoms with Gasteiger partial charge in [0, 0.05) is 31.5 Å². The van der Waals surface area contributed by atoms with Crippen molar-refractivity contribution in [3.05, 3.63) is 54.1 Å². The molecule has 0 aliphatic rings. The van der Waals surface area contributed by atoms with Gasteiger partial charge in [-0.2, -0.15) is 0 Å². The maximum Gasteiger partial charge on any atom is 0.119 e. The molecule has 3 heteroatoms. The molecule has 0 atom stereocenters. The molecule has 2 aromatic rings. The lowest BCUT2D eigenvalue weighted by Gasteiger charge is -2.20. The first kappa shape index (κ1) is 14.3. The van der Waals surface area contributed by atoms with Crippen molar-refractivity contribution >= 4 is 11.4 Å². The van der Waals surface area contributed by atoms with E-state index in [0.29, 0.717) is 0 Å². The number of nitrogens with one attached hydrogen (secondary N) is 1. The first-order chi connectivity index (χ1) is 9.69. The zero-order valence-corrected chi connectivity index (χ0v) is 12.4. The summed E-state index contributed by atoms with van der Waals surface area (Å²) >= 11 is 0. The maximum atomic E-state index is 5.17. The summed E-state index contributed by atoms with van der Waals surface area (Å²) in [5.41, 5.74) is 3.64. The van der Waals surface area contributed by atoms with Gasteiger partial charge in [-0.05, 0) is 48.9 Å². The van der Waals surface area contributed by atoms with Crippen LogP contribution < -0.4 is 15.0 Å². The average Bonchev–Trinajstić information content (AvgIpc) is 2.47. The van der Waals surface area contributed by atoms with Crippen LogP contribution >= 0.6 is 0 Å². The number of nitrogens with zero attached hydrogens (tertiary/aromatic N) is 1. The van der Waals surface area contributed by atoms with Gasteiger partial charge in [0.05, 0.1) is 7.11 Å². The third-order valence-corrected chi connectivity index (χ3v) is 3.31. The summed E-state index contributed by atoms with van der Waals surface area (Å²) in [7, 11) is 3.78. The molecule has 0 aliphatic heterocycles. The van der Waals surface area contributed by atoms with Crippen molar-refractivity contribution < 1.29 is 4.74 Å². The Kier molecular flexibility index (Phi) is 4.88. The van der Waals surface area contributed by atoms with E-state index in [1.165, 1.54) is 16.9 Å². The molecule has 2 aromatic carbocycles. The van der Waals surface area contributed by atoms with Crippen LogP contribution in [0, 0.1) is 6.92 Å². The summed E-state index contributed by atoms with van der Waals surface area (Å²) in [4.78, 5) is 2.22. The summed E-state index contributed by atoms with van der Waals surface area (Å²) in [6.45, 7) is 3.96. The van der Waals surface area contributed by atoms with Crippen LogP contribution in [0.1, 0.15) is 5.56 Å². The van der Waals surface area contributed by atoms with Crippen molar-refractivity contribution in [2.24, 2.45) is 0 Å². The molecule has 0 aromatic heterocycles. The molecule has 0 fully saturated rings. The molecule has 0 unspecified atom stereocenters. The lowest BCUT2D eigenvalue weighted by Crippen LogP contribution is -2.24. The fourth-order valence-corrected chi connectivity index (χ4v) is 2.09. The predicted molar refractivity (Wildman–Crippen MR) is 85.9 cm³/mol. The van der Waals surface area contributed by atoms with Crippen LogP contribution in [0.2, 0.25) is 0 Å². The number of methoxy groups -OCH3 is 1. The maximum absolute atomic E-state index is 5.17. The van der Waals surface area contributed by atoms with E-state index in [4.69, 9.17) is 4.74 Å². The van der Waals surface area contributed by atoms with Crippen molar-refractivity contribution in [3.63, 3.8) is 0 Å². The van der Waals surface area contributed by atoms with Gasteiger partial charge >= 0.3 is 0 Å². The van der Waals surface area contributed by atoms with Crippen LogP contribution in [-0.4, -0.2) is 27.2 Å². The Bertz CT molecular complexity index is 537. The van der Waals surface area contributed by atoms with Crippen LogP contribution in [0.25, 0.3) is 0 Å². The second-order valence-electron chi connectivity index (χ2n) is 4.92. The van der Waals surface area contributed by atoms with E-state index in [9.17, 15) is 0 Å². The highest BCUT2D eigenvalue weighted by molar-refractivity contribution is 5.49. The van der Waals surface area contributed by atoms with Gasteiger partial charge in [0.15, 0.2) is 0 Å². The number of hydrogen-bond acceptors (Lipinski definition) is 3. The number of ether oxygens (including phenoxy) is 1. The number of hydrogen-bond donors (Lipinski definition) is 1. The van der Waals surface area contributed by atoms with E-state index >= 15 is 0 Å². The van der Waals surface area contributed by atoms with E-state index in [1.54, 1.807) is 7.11 Å². The van der Waals surface area contributed by atoms with Gasteiger partial charge in [-0.3, -0.25) is 0 Å². The van der Waals surface area contributed by atoms with Crippen molar-refractivity contribution in [2.75, 3.05) is 37.5 Å². The van der Waals surface area contributed by atoms with E-state index in [0.717, 1.165) is 18.8 Å². The summed E-state index contributed by atoms with van der Waals surface area (Å²) in [6.07, 6.45) is 0. The van der Waals surface area contributed by atoms with Gasteiger partial charge in [-0.15, -0.1) is 0 Å². The molecule has 0 spiro atoms. The SMILES string of the molecule is COc1ccc(N(C)CCNc2cccc(C)c2)cc1. The van der Waals surface area contributed by atoms with E-state index in [1.807, 2.05) is 12.1 Å². The second-order valence-corrected chi connectivity index (χ2v) is 4.92. The third-order valence-electron chi connectivity index (χ3n) is 3.31. The van der Waals surface area contributed by atoms with Crippen LogP contribution in [-0.2, 0) is 0 Å². The van der Waals surface area contributed by atoms with Gasteiger partial charge in [0.2, 0.25) is 0 Å². The van der Waals surface area contributed by atoms with Crippen molar-refractivity contribution in [2.45, 2.75) is 6.92 Å². The second kappa shape index (κ2) is 6.85. The number of rotatable bonds is 6. The molecule has 0 aliphatic carbocycles. The van der Waals surface area contributed by atoms with E-state index in [-0.39, 0.29) is 0 Å². The number of benzene rings is 2. The summed E-state index contributed by atoms with van der Waals surface area (Å²) in [6, 6.07) is 16.6. The van der Waals surface area contributed by atoms with Crippen LogP contribution in [0.15, 0.2) is 48.5 Å². The lowest BCUT2D eigenvalue weighted by atomic mass is 10.2.